The Bertz CT molecular complexity index is 521. The van der Waals surface area contributed by atoms with Crippen LogP contribution in [0.2, 0.25) is 0 Å². The molecule has 2 rings (SSSR count). The van der Waals surface area contributed by atoms with Gasteiger partial charge in [0.25, 0.3) is 0 Å². The summed E-state index contributed by atoms with van der Waals surface area (Å²) in [6, 6.07) is 12.4. The van der Waals surface area contributed by atoms with Crippen LogP contribution >= 0.6 is 31.9 Å². The van der Waals surface area contributed by atoms with E-state index in [0.29, 0.717) is 5.92 Å². The zero-order valence-electron chi connectivity index (χ0n) is 10.3. The molecular weight excluding hydrogens is 356 g/mol. The van der Waals surface area contributed by atoms with Gasteiger partial charge in [-0.3, -0.25) is 0 Å². The SMILES string of the molecule is CCC(CBr)COc1ccc2ccccc2c1Br. The number of alkyl halides is 1. The lowest BCUT2D eigenvalue weighted by Crippen LogP contribution is -2.12. The summed E-state index contributed by atoms with van der Waals surface area (Å²) in [7, 11) is 0. The minimum Gasteiger partial charge on any atom is -0.492 e. The average Bonchev–Trinajstić information content (AvgIpc) is 2.42. The monoisotopic (exact) mass is 370 g/mol. The summed E-state index contributed by atoms with van der Waals surface area (Å²) in [6.07, 6.45) is 1.12. The van der Waals surface area contributed by atoms with Crippen LogP contribution < -0.4 is 4.74 Å². The third-order valence-electron chi connectivity index (χ3n) is 3.10. The topological polar surface area (TPSA) is 9.23 Å². The van der Waals surface area contributed by atoms with Crippen molar-refractivity contribution < 1.29 is 4.74 Å². The maximum Gasteiger partial charge on any atom is 0.134 e. The van der Waals surface area contributed by atoms with Crippen LogP contribution in [-0.2, 0) is 0 Å². The average molecular weight is 372 g/mol. The van der Waals surface area contributed by atoms with Gasteiger partial charge < -0.3 is 4.74 Å². The van der Waals surface area contributed by atoms with Crippen LogP contribution in [0, 0.1) is 5.92 Å². The fourth-order valence-corrected chi connectivity index (χ4v) is 3.06. The molecule has 2 aromatic rings. The second kappa shape index (κ2) is 6.58. The first-order valence-corrected chi connectivity index (χ1v) is 8.03. The molecule has 0 saturated carbocycles. The van der Waals surface area contributed by atoms with E-state index >= 15 is 0 Å². The molecule has 1 atom stereocenters. The summed E-state index contributed by atoms with van der Waals surface area (Å²) in [5, 5.41) is 3.40. The van der Waals surface area contributed by atoms with Gasteiger partial charge in [0.15, 0.2) is 0 Å². The molecule has 18 heavy (non-hydrogen) atoms. The molecule has 0 aromatic heterocycles. The van der Waals surface area contributed by atoms with Crippen molar-refractivity contribution in [1.82, 2.24) is 0 Å². The second-order valence-electron chi connectivity index (χ2n) is 4.34. The molecule has 0 spiro atoms. The first-order chi connectivity index (χ1) is 8.76. The van der Waals surface area contributed by atoms with Crippen molar-refractivity contribution >= 4 is 42.6 Å². The Morgan fingerprint density at radius 3 is 2.67 bits per heavy atom. The Morgan fingerprint density at radius 2 is 1.94 bits per heavy atom. The summed E-state index contributed by atoms with van der Waals surface area (Å²) in [4.78, 5) is 0. The molecule has 96 valence electrons. The summed E-state index contributed by atoms with van der Waals surface area (Å²) in [5.41, 5.74) is 0. The number of hydrogen-bond acceptors (Lipinski definition) is 1. The number of fused-ring (bicyclic) bond motifs is 1. The van der Waals surface area contributed by atoms with Gasteiger partial charge in [0.1, 0.15) is 5.75 Å². The van der Waals surface area contributed by atoms with E-state index in [0.717, 1.165) is 28.6 Å². The van der Waals surface area contributed by atoms with E-state index in [4.69, 9.17) is 4.74 Å². The van der Waals surface area contributed by atoms with E-state index in [9.17, 15) is 0 Å². The van der Waals surface area contributed by atoms with Crippen LogP contribution in [0.15, 0.2) is 40.9 Å². The molecule has 0 radical (unpaired) electrons. The lowest BCUT2D eigenvalue weighted by Gasteiger charge is -2.15. The van der Waals surface area contributed by atoms with Crippen LogP contribution in [0.1, 0.15) is 13.3 Å². The molecule has 0 aliphatic rings. The Morgan fingerprint density at radius 1 is 1.17 bits per heavy atom. The lowest BCUT2D eigenvalue weighted by molar-refractivity contribution is 0.259. The maximum atomic E-state index is 5.91. The van der Waals surface area contributed by atoms with Gasteiger partial charge in [-0.1, -0.05) is 53.2 Å². The van der Waals surface area contributed by atoms with Crippen molar-refractivity contribution in [1.29, 1.82) is 0 Å². The predicted octanol–water partition coefficient (Wildman–Crippen LogP) is 5.40. The minimum atomic E-state index is 0.559. The number of halogens is 2. The number of rotatable bonds is 5. The van der Waals surface area contributed by atoms with Gasteiger partial charge >= 0.3 is 0 Å². The van der Waals surface area contributed by atoms with Crippen LogP contribution in [0.3, 0.4) is 0 Å². The van der Waals surface area contributed by atoms with Gasteiger partial charge in [0, 0.05) is 11.2 Å². The van der Waals surface area contributed by atoms with E-state index in [1.165, 1.54) is 10.8 Å². The third kappa shape index (κ3) is 3.07. The van der Waals surface area contributed by atoms with E-state index in [-0.39, 0.29) is 0 Å². The largest absolute Gasteiger partial charge is 0.492 e. The second-order valence-corrected chi connectivity index (χ2v) is 5.78. The van der Waals surface area contributed by atoms with Crippen molar-refractivity contribution in [3.8, 4) is 5.75 Å². The van der Waals surface area contributed by atoms with Crippen molar-refractivity contribution in [2.75, 3.05) is 11.9 Å². The Labute approximate surface area is 125 Å². The molecular formula is C15H16Br2O. The molecule has 1 unspecified atom stereocenters. The molecule has 0 N–H and O–H groups in total. The Kier molecular flexibility index (Phi) is 5.07. The highest BCUT2D eigenvalue weighted by Crippen LogP contribution is 2.33. The Hall–Kier alpha value is -0.540. The van der Waals surface area contributed by atoms with E-state index in [2.05, 4.69) is 57.0 Å². The smallest absolute Gasteiger partial charge is 0.134 e. The summed E-state index contributed by atoms with van der Waals surface area (Å²) >= 11 is 7.16. The Balaban J connectivity index is 2.21. The normalized spacial score (nSPS) is 12.6. The summed E-state index contributed by atoms with van der Waals surface area (Å²) < 4.78 is 6.96. The maximum absolute atomic E-state index is 5.91. The third-order valence-corrected chi connectivity index (χ3v) is 4.83. The van der Waals surface area contributed by atoms with Crippen LogP contribution in [0.4, 0.5) is 0 Å². The molecule has 0 saturated heterocycles. The number of hydrogen-bond donors (Lipinski definition) is 0. The van der Waals surface area contributed by atoms with Gasteiger partial charge in [0.05, 0.1) is 11.1 Å². The number of ether oxygens (including phenoxy) is 1. The fraction of sp³-hybridized carbons (Fsp3) is 0.333. The van der Waals surface area contributed by atoms with Crippen LogP contribution in [0.25, 0.3) is 10.8 Å². The van der Waals surface area contributed by atoms with Crippen LogP contribution in [0.5, 0.6) is 5.75 Å². The van der Waals surface area contributed by atoms with Crippen molar-refractivity contribution in [2.24, 2.45) is 5.92 Å². The van der Waals surface area contributed by atoms with Crippen molar-refractivity contribution in [2.45, 2.75) is 13.3 Å². The van der Waals surface area contributed by atoms with Gasteiger partial charge in [-0.05, 0) is 39.2 Å². The lowest BCUT2D eigenvalue weighted by atomic mass is 10.1. The molecule has 0 fully saturated rings. The molecule has 0 bridgehead atoms. The predicted molar refractivity (Wildman–Crippen MR) is 84.7 cm³/mol. The first kappa shape index (κ1) is 13.9. The molecule has 0 amide bonds. The summed E-state index contributed by atoms with van der Waals surface area (Å²) in [6.45, 7) is 2.93. The molecule has 3 heteroatoms. The quantitative estimate of drug-likeness (QED) is 0.639. The fourth-order valence-electron chi connectivity index (χ4n) is 1.80. The van der Waals surface area contributed by atoms with Gasteiger partial charge in [-0.2, -0.15) is 0 Å². The van der Waals surface area contributed by atoms with Crippen LogP contribution in [-0.4, -0.2) is 11.9 Å². The molecule has 0 aliphatic carbocycles. The molecule has 0 heterocycles. The minimum absolute atomic E-state index is 0.559. The summed E-state index contributed by atoms with van der Waals surface area (Å²) in [5.74, 6) is 1.48. The zero-order valence-corrected chi connectivity index (χ0v) is 13.5. The molecule has 2 aromatic carbocycles. The highest BCUT2D eigenvalue weighted by molar-refractivity contribution is 9.10. The zero-order chi connectivity index (χ0) is 13.0. The van der Waals surface area contributed by atoms with Gasteiger partial charge in [-0.25, -0.2) is 0 Å². The molecule has 0 aliphatic heterocycles. The van der Waals surface area contributed by atoms with E-state index < -0.39 is 0 Å². The first-order valence-electron chi connectivity index (χ1n) is 6.12. The van der Waals surface area contributed by atoms with Gasteiger partial charge in [-0.15, -0.1) is 0 Å². The standard InChI is InChI=1S/C15H16Br2O/c1-2-11(9-16)10-18-14-8-7-12-5-3-4-6-13(12)15(14)17/h3-8,11H,2,9-10H2,1H3. The number of benzene rings is 2. The van der Waals surface area contributed by atoms with Gasteiger partial charge in [0.2, 0.25) is 0 Å². The van der Waals surface area contributed by atoms with Crippen molar-refractivity contribution in [3.05, 3.63) is 40.9 Å². The van der Waals surface area contributed by atoms with E-state index in [1.807, 2.05) is 18.2 Å². The van der Waals surface area contributed by atoms with Crippen molar-refractivity contribution in [3.63, 3.8) is 0 Å². The molecule has 1 nitrogen and oxygen atoms in total. The van der Waals surface area contributed by atoms with E-state index in [1.54, 1.807) is 0 Å². The highest BCUT2D eigenvalue weighted by atomic mass is 79.9. The highest BCUT2D eigenvalue weighted by Gasteiger charge is 2.09.